The molecule has 2 aliphatic rings. The first kappa shape index (κ1) is 12.6. The van der Waals surface area contributed by atoms with E-state index in [9.17, 15) is 0 Å². The monoisotopic (exact) mass is 308 g/mol. The molecule has 0 bridgehead atoms. The zero-order valence-corrected chi connectivity index (χ0v) is 12.4. The van der Waals surface area contributed by atoms with Crippen molar-refractivity contribution in [2.75, 3.05) is 19.6 Å². The van der Waals surface area contributed by atoms with Gasteiger partial charge in [-0.15, -0.1) is 0 Å². The normalized spacial score (nSPS) is 24.8. The van der Waals surface area contributed by atoms with Crippen molar-refractivity contribution in [2.24, 2.45) is 0 Å². The van der Waals surface area contributed by atoms with Crippen LogP contribution in [-0.4, -0.2) is 24.5 Å². The van der Waals surface area contributed by atoms with E-state index in [1.807, 2.05) is 0 Å². The molecule has 3 heteroatoms. The maximum Gasteiger partial charge on any atom is 0.0321 e. The number of halogens is 1. The molecule has 2 fully saturated rings. The van der Waals surface area contributed by atoms with Gasteiger partial charge in [-0.1, -0.05) is 28.1 Å². The predicted octanol–water partition coefficient (Wildman–Crippen LogP) is 3.47. The van der Waals surface area contributed by atoms with Crippen LogP contribution in [-0.2, 0) is 6.54 Å². The topological polar surface area (TPSA) is 15.3 Å². The highest BCUT2D eigenvalue weighted by Crippen LogP contribution is 2.28. The molecule has 0 saturated carbocycles. The second-order valence-electron chi connectivity index (χ2n) is 5.48. The fourth-order valence-electron chi connectivity index (χ4n) is 3.06. The lowest BCUT2D eigenvalue weighted by molar-refractivity contribution is 0.331. The number of hydrogen-bond acceptors (Lipinski definition) is 2. The average Bonchev–Trinajstić information content (AvgIpc) is 3.04. The first-order valence-electron chi connectivity index (χ1n) is 7.07. The molecule has 0 amide bonds. The Morgan fingerprint density at radius 3 is 2.72 bits per heavy atom. The summed E-state index contributed by atoms with van der Waals surface area (Å²) in [4.78, 5) is 2.55. The van der Waals surface area contributed by atoms with Crippen molar-refractivity contribution in [3.05, 3.63) is 33.8 Å². The van der Waals surface area contributed by atoms with Gasteiger partial charge in [-0.05, 0) is 62.5 Å². The Morgan fingerprint density at radius 2 is 2.06 bits per heavy atom. The molecule has 2 heterocycles. The molecule has 0 aromatic heterocycles. The van der Waals surface area contributed by atoms with Gasteiger partial charge in [0.15, 0.2) is 0 Å². The second kappa shape index (κ2) is 5.72. The van der Waals surface area contributed by atoms with Crippen LogP contribution in [0.2, 0.25) is 0 Å². The zero-order chi connectivity index (χ0) is 12.4. The van der Waals surface area contributed by atoms with E-state index >= 15 is 0 Å². The van der Waals surface area contributed by atoms with Gasteiger partial charge < -0.3 is 5.32 Å². The van der Waals surface area contributed by atoms with Crippen LogP contribution in [0, 0.1) is 0 Å². The molecule has 18 heavy (non-hydrogen) atoms. The van der Waals surface area contributed by atoms with Crippen LogP contribution in [0.3, 0.4) is 0 Å². The van der Waals surface area contributed by atoms with Gasteiger partial charge in [-0.3, -0.25) is 4.90 Å². The smallest absolute Gasteiger partial charge is 0.0321 e. The molecule has 1 N–H and O–H groups in total. The number of hydrogen-bond donors (Lipinski definition) is 1. The third-order valence-corrected chi connectivity index (χ3v) is 4.87. The highest BCUT2D eigenvalue weighted by Gasteiger charge is 2.18. The van der Waals surface area contributed by atoms with Crippen molar-refractivity contribution >= 4 is 15.9 Å². The van der Waals surface area contributed by atoms with E-state index < -0.39 is 0 Å². The Balaban J connectivity index is 1.71. The molecular formula is C15H21BrN2. The van der Waals surface area contributed by atoms with Gasteiger partial charge >= 0.3 is 0 Å². The molecule has 0 aliphatic carbocycles. The van der Waals surface area contributed by atoms with E-state index in [4.69, 9.17) is 0 Å². The number of nitrogens with zero attached hydrogens (tertiary/aromatic N) is 1. The van der Waals surface area contributed by atoms with E-state index in [-0.39, 0.29) is 0 Å². The van der Waals surface area contributed by atoms with Crippen molar-refractivity contribution < 1.29 is 0 Å². The number of nitrogens with one attached hydrogen (secondary N) is 1. The molecule has 2 aliphatic heterocycles. The standard InChI is InChI=1S/C15H21BrN2/c16-14-10-12(15-4-3-7-17-15)5-6-13(14)11-18-8-1-2-9-18/h5-6,10,15,17H,1-4,7-9,11H2. The highest BCUT2D eigenvalue weighted by molar-refractivity contribution is 9.10. The fraction of sp³-hybridized carbons (Fsp3) is 0.600. The molecule has 2 saturated heterocycles. The Labute approximate surface area is 118 Å². The van der Waals surface area contributed by atoms with E-state index in [1.54, 1.807) is 0 Å². The first-order chi connectivity index (χ1) is 8.83. The molecule has 1 atom stereocenters. The van der Waals surface area contributed by atoms with Crippen LogP contribution < -0.4 is 5.32 Å². The van der Waals surface area contributed by atoms with Gasteiger partial charge in [0.05, 0.1) is 0 Å². The second-order valence-corrected chi connectivity index (χ2v) is 6.34. The molecule has 2 nitrogen and oxygen atoms in total. The summed E-state index contributed by atoms with van der Waals surface area (Å²) >= 11 is 3.75. The van der Waals surface area contributed by atoms with Crippen LogP contribution in [0.25, 0.3) is 0 Å². The number of rotatable bonds is 3. The average molecular weight is 309 g/mol. The third kappa shape index (κ3) is 2.79. The first-order valence-corrected chi connectivity index (χ1v) is 7.86. The zero-order valence-electron chi connectivity index (χ0n) is 10.8. The van der Waals surface area contributed by atoms with Gasteiger partial charge in [0.1, 0.15) is 0 Å². The summed E-state index contributed by atoms with van der Waals surface area (Å²) in [6, 6.07) is 7.49. The summed E-state index contributed by atoms with van der Waals surface area (Å²) in [5.41, 5.74) is 2.86. The molecule has 3 rings (SSSR count). The summed E-state index contributed by atoms with van der Waals surface area (Å²) in [7, 11) is 0. The van der Waals surface area contributed by atoms with Crippen LogP contribution in [0.15, 0.2) is 22.7 Å². The lowest BCUT2D eigenvalue weighted by Crippen LogP contribution is -2.19. The van der Waals surface area contributed by atoms with Crippen LogP contribution in [0.1, 0.15) is 42.9 Å². The summed E-state index contributed by atoms with van der Waals surface area (Å²) < 4.78 is 1.28. The Morgan fingerprint density at radius 1 is 1.22 bits per heavy atom. The van der Waals surface area contributed by atoms with Gasteiger partial charge in [0.2, 0.25) is 0 Å². The third-order valence-electron chi connectivity index (χ3n) is 4.13. The lowest BCUT2D eigenvalue weighted by Gasteiger charge is -2.17. The SMILES string of the molecule is Brc1cc(C2CCCN2)ccc1CN1CCCC1. The van der Waals surface area contributed by atoms with Gasteiger partial charge in [0.25, 0.3) is 0 Å². The molecule has 98 valence electrons. The number of benzene rings is 1. The largest absolute Gasteiger partial charge is 0.310 e. The Kier molecular flexibility index (Phi) is 4.02. The van der Waals surface area contributed by atoms with Gasteiger partial charge in [-0.25, -0.2) is 0 Å². The van der Waals surface area contributed by atoms with Crippen molar-refractivity contribution in [1.82, 2.24) is 10.2 Å². The number of likely N-dealkylation sites (tertiary alicyclic amines) is 1. The van der Waals surface area contributed by atoms with E-state index in [0.29, 0.717) is 6.04 Å². The maximum atomic E-state index is 3.75. The Hall–Kier alpha value is -0.380. The summed E-state index contributed by atoms with van der Waals surface area (Å²) in [5, 5.41) is 3.56. The van der Waals surface area contributed by atoms with Crippen LogP contribution >= 0.6 is 15.9 Å². The Bertz CT molecular complexity index is 407. The molecule has 0 radical (unpaired) electrons. The van der Waals surface area contributed by atoms with Crippen molar-refractivity contribution in [2.45, 2.75) is 38.3 Å². The lowest BCUT2D eigenvalue weighted by atomic mass is 10.0. The minimum Gasteiger partial charge on any atom is -0.310 e. The van der Waals surface area contributed by atoms with Crippen molar-refractivity contribution in [3.8, 4) is 0 Å². The summed E-state index contributed by atoms with van der Waals surface area (Å²) in [6.45, 7) is 4.79. The minimum absolute atomic E-state index is 0.571. The fourth-order valence-corrected chi connectivity index (χ4v) is 3.58. The molecule has 0 spiro atoms. The highest BCUT2D eigenvalue weighted by atomic mass is 79.9. The van der Waals surface area contributed by atoms with Crippen LogP contribution in [0.5, 0.6) is 0 Å². The predicted molar refractivity (Wildman–Crippen MR) is 78.6 cm³/mol. The van der Waals surface area contributed by atoms with E-state index in [0.717, 1.165) is 13.1 Å². The quantitative estimate of drug-likeness (QED) is 0.920. The maximum absolute atomic E-state index is 3.75. The molecule has 1 aromatic rings. The van der Waals surface area contributed by atoms with Crippen LogP contribution in [0.4, 0.5) is 0 Å². The molecular weight excluding hydrogens is 288 g/mol. The summed E-state index contributed by atoms with van der Waals surface area (Å²) in [6.07, 6.45) is 5.30. The van der Waals surface area contributed by atoms with Crippen molar-refractivity contribution in [1.29, 1.82) is 0 Å². The molecule has 1 unspecified atom stereocenters. The van der Waals surface area contributed by atoms with E-state index in [1.165, 1.54) is 54.4 Å². The van der Waals surface area contributed by atoms with E-state index in [2.05, 4.69) is 44.3 Å². The van der Waals surface area contributed by atoms with Gasteiger partial charge in [-0.2, -0.15) is 0 Å². The van der Waals surface area contributed by atoms with Crippen molar-refractivity contribution in [3.63, 3.8) is 0 Å². The minimum atomic E-state index is 0.571. The van der Waals surface area contributed by atoms with Gasteiger partial charge in [0, 0.05) is 17.1 Å². The summed E-state index contributed by atoms with van der Waals surface area (Å²) in [5.74, 6) is 0. The molecule has 1 aromatic carbocycles.